The fraction of sp³-hybridized carbons (Fsp3) is 0.933. The SMILES string of the molecule is CC(C)C1OCCCC1CNC(=O)C(C)C1CNC1. The first-order chi connectivity index (χ1) is 9.09. The summed E-state index contributed by atoms with van der Waals surface area (Å²) < 4.78 is 5.86. The third kappa shape index (κ3) is 3.69. The maximum absolute atomic E-state index is 12.1. The van der Waals surface area contributed by atoms with Gasteiger partial charge in [-0.25, -0.2) is 0 Å². The minimum absolute atomic E-state index is 0.128. The number of carbonyl (C=O) groups is 1. The number of carbonyl (C=O) groups excluding carboxylic acids is 1. The number of nitrogens with one attached hydrogen (secondary N) is 2. The van der Waals surface area contributed by atoms with Crippen molar-refractivity contribution in [3.05, 3.63) is 0 Å². The van der Waals surface area contributed by atoms with Crippen molar-refractivity contribution in [3.63, 3.8) is 0 Å². The largest absolute Gasteiger partial charge is 0.378 e. The molecular weight excluding hydrogens is 240 g/mol. The minimum Gasteiger partial charge on any atom is -0.378 e. The summed E-state index contributed by atoms with van der Waals surface area (Å²) in [5, 5.41) is 6.36. The van der Waals surface area contributed by atoms with Crippen molar-refractivity contribution in [1.29, 1.82) is 0 Å². The van der Waals surface area contributed by atoms with Crippen molar-refractivity contribution in [2.24, 2.45) is 23.7 Å². The van der Waals surface area contributed by atoms with E-state index < -0.39 is 0 Å². The van der Waals surface area contributed by atoms with E-state index in [0.29, 0.717) is 23.9 Å². The van der Waals surface area contributed by atoms with Crippen LogP contribution in [0, 0.1) is 23.7 Å². The number of hydrogen-bond acceptors (Lipinski definition) is 3. The molecule has 0 aromatic heterocycles. The maximum atomic E-state index is 12.1. The molecule has 0 saturated carbocycles. The van der Waals surface area contributed by atoms with Crippen LogP contribution in [0.15, 0.2) is 0 Å². The Morgan fingerprint density at radius 3 is 2.68 bits per heavy atom. The zero-order chi connectivity index (χ0) is 13.8. The summed E-state index contributed by atoms with van der Waals surface area (Å²) in [6.07, 6.45) is 2.59. The van der Waals surface area contributed by atoms with E-state index in [-0.39, 0.29) is 11.8 Å². The third-order valence-corrected chi connectivity index (χ3v) is 4.62. The van der Waals surface area contributed by atoms with E-state index in [2.05, 4.69) is 24.5 Å². The molecule has 0 bridgehead atoms. The molecule has 110 valence electrons. The van der Waals surface area contributed by atoms with Crippen molar-refractivity contribution < 1.29 is 9.53 Å². The summed E-state index contributed by atoms with van der Waals surface area (Å²) in [5.74, 6) is 1.85. The van der Waals surface area contributed by atoms with Crippen LogP contribution >= 0.6 is 0 Å². The summed E-state index contributed by atoms with van der Waals surface area (Å²) in [7, 11) is 0. The van der Waals surface area contributed by atoms with E-state index in [4.69, 9.17) is 4.74 Å². The lowest BCUT2D eigenvalue weighted by Gasteiger charge is -2.35. The van der Waals surface area contributed by atoms with Crippen molar-refractivity contribution in [3.8, 4) is 0 Å². The van der Waals surface area contributed by atoms with Gasteiger partial charge in [0.05, 0.1) is 6.10 Å². The molecular formula is C15H28N2O2. The molecule has 1 amide bonds. The predicted molar refractivity (Wildman–Crippen MR) is 75.8 cm³/mol. The highest BCUT2D eigenvalue weighted by atomic mass is 16.5. The average Bonchev–Trinajstić information content (AvgIpc) is 2.34. The maximum Gasteiger partial charge on any atom is 0.223 e. The van der Waals surface area contributed by atoms with Crippen LogP contribution in [-0.4, -0.2) is 38.3 Å². The van der Waals surface area contributed by atoms with Crippen molar-refractivity contribution in [2.75, 3.05) is 26.2 Å². The van der Waals surface area contributed by atoms with E-state index in [1.165, 1.54) is 6.42 Å². The lowest BCUT2D eigenvalue weighted by Crippen LogP contribution is -2.50. The first-order valence-electron chi connectivity index (χ1n) is 7.69. The van der Waals surface area contributed by atoms with E-state index >= 15 is 0 Å². The zero-order valence-electron chi connectivity index (χ0n) is 12.4. The van der Waals surface area contributed by atoms with Crippen LogP contribution in [0.5, 0.6) is 0 Å². The van der Waals surface area contributed by atoms with E-state index in [1.54, 1.807) is 0 Å². The Morgan fingerprint density at radius 2 is 2.11 bits per heavy atom. The first-order valence-corrected chi connectivity index (χ1v) is 7.69. The Balaban J connectivity index is 1.77. The van der Waals surface area contributed by atoms with E-state index in [9.17, 15) is 4.79 Å². The van der Waals surface area contributed by atoms with Gasteiger partial charge in [-0.15, -0.1) is 0 Å². The summed E-state index contributed by atoms with van der Waals surface area (Å²) in [5.41, 5.74) is 0. The molecule has 3 atom stereocenters. The van der Waals surface area contributed by atoms with Crippen LogP contribution in [0.2, 0.25) is 0 Å². The van der Waals surface area contributed by atoms with Gasteiger partial charge in [0.25, 0.3) is 0 Å². The Kier molecular flexibility index (Phi) is 5.22. The van der Waals surface area contributed by atoms with Gasteiger partial charge in [0.2, 0.25) is 5.91 Å². The fourth-order valence-corrected chi connectivity index (χ4v) is 3.09. The molecule has 2 rings (SSSR count). The predicted octanol–water partition coefficient (Wildman–Crippen LogP) is 1.41. The topological polar surface area (TPSA) is 50.4 Å². The Labute approximate surface area is 116 Å². The second-order valence-electron chi connectivity index (χ2n) is 6.43. The summed E-state index contributed by atoms with van der Waals surface area (Å²) in [6, 6.07) is 0. The van der Waals surface area contributed by atoms with Crippen LogP contribution in [0.4, 0.5) is 0 Å². The van der Waals surface area contributed by atoms with Gasteiger partial charge >= 0.3 is 0 Å². The highest BCUT2D eigenvalue weighted by molar-refractivity contribution is 5.78. The molecule has 19 heavy (non-hydrogen) atoms. The molecule has 2 aliphatic heterocycles. The Morgan fingerprint density at radius 1 is 1.37 bits per heavy atom. The van der Waals surface area contributed by atoms with Crippen LogP contribution < -0.4 is 10.6 Å². The summed E-state index contributed by atoms with van der Waals surface area (Å²) >= 11 is 0. The van der Waals surface area contributed by atoms with Crippen LogP contribution in [0.3, 0.4) is 0 Å². The lowest BCUT2D eigenvalue weighted by molar-refractivity contribution is -0.127. The highest BCUT2D eigenvalue weighted by Gasteiger charge is 2.31. The van der Waals surface area contributed by atoms with Crippen molar-refractivity contribution in [2.45, 2.75) is 39.7 Å². The van der Waals surface area contributed by atoms with Crippen LogP contribution in [0.1, 0.15) is 33.6 Å². The highest BCUT2D eigenvalue weighted by Crippen LogP contribution is 2.26. The van der Waals surface area contributed by atoms with Crippen LogP contribution in [-0.2, 0) is 9.53 Å². The zero-order valence-corrected chi connectivity index (χ0v) is 12.4. The Hall–Kier alpha value is -0.610. The van der Waals surface area contributed by atoms with Crippen LogP contribution in [0.25, 0.3) is 0 Å². The summed E-state index contributed by atoms with van der Waals surface area (Å²) in [6.45, 7) is 10.0. The smallest absolute Gasteiger partial charge is 0.223 e. The van der Waals surface area contributed by atoms with E-state index in [0.717, 1.165) is 32.7 Å². The molecule has 2 heterocycles. The standard InChI is InChI=1S/C15H28N2O2/c1-10(2)14-12(5-4-6-19-14)9-17-15(18)11(3)13-7-16-8-13/h10-14,16H,4-9H2,1-3H3,(H,17,18). The minimum atomic E-state index is 0.128. The lowest BCUT2D eigenvalue weighted by atomic mass is 9.86. The molecule has 0 aromatic carbocycles. The number of hydrogen-bond donors (Lipinski definition) is 2. The molecule has 0 aromatic rings. The first kappa shape index (κ1) is 14.8. The van der Waals surface area contributed by atoms with E-state index in [1.807, 2.05) is 6.92 Å². The van der Waals surface area contributed by atoms with Gasteiger partial charge < -0.3 is 15.4 Å². The number of rotatable bonds is 5. The van der Waals surface area contributed by atoms with Gasteiger partial charge in [-0.2, -0.15) is 0 Å². The number of amides is 1. The molecule has 2 N–H and O–H groups in total. The quantitative estimate of drug-likeness (QED) is 0.792. The van der Waals surface area contributed by atoms with Gasteiger partial charge in [-0.3, -0.25) is 4.79 Å². The summed E-state index contributed by atoms with van der Waals surface area (Å²) in [4.78, 5) is 12.1. The molecule has 0 radical (unpaired) electrons. The molecule has 0 spiro atoms. The molecule has 3 unspecified atom stereocenters. The fourth-order valence-electron chi connectivity index (χ4n) is 3.09. The molecule has 4 nitrogen and oxygen atoms in total. The molecule has 0 aliphatic carbocycles. The van der Waals surface area contributed by atoms with Gasteiger partial charge in [0.15, 0.2) is 0 Å². The van der Waals surface area contributed by atoms with Gasteiger partial charge in [0.1, 0.15) is 0 Å². The van der Waals surface area contributed by atoms with Gasteiger partial charge in [-0.05, 0) is 37.8 Å². The van der Waals surface area contributed by atoms with Crippen molar-refractivity contribution in [1.82, 2.24) is 10.6 Å². The second kappa shape index (κ2) is 6.71. The van der Waals surface area contributed by atoms with Crippen molar-refractivity contribution >= 4 is 5.91 Å². The number of ether oxygens (including phenoxy) is 1. The van der Waals surface area contributed by atoms with Gasteiger partial charge in [0, 0.05) is 25.0 Å². The molecule has 2 aliphatic rings. The average molecular weight is 268 g/mol. The molecule has 2 saturated heterocycles. The van der Waals surface area contributed by atoms with Gasteiger partial charge in [-0.1, -0.05) is 20.8 Å². The third-order valence-electron chi connectivity index (χ3n) is 4.62. The normalized spacial score (nSPS) is 29.9. The Bertz CT molecular complexity index is 303. The monoisotopic (exact) mass is 268 g/mol. The molecule has 4 heteroatoms. The molecule has 2 fully saturated rings. The second-order valence-corrected chi connectivity index (χ2v) is 6.43.